The van der Waals surface area contributed by atoms with Crippen molar-refractivity contribution in [3.05, 3.63) is 9.47 Å². The average molecular weight is 291 g/mol. The second-order valence-corrected chi connectivity index (χ2v) is 5.46. The van der Waals surface area contributed by atoms with Gasteiger partial charge in [-0.1, -0.05) is 11.3 Å². The number of rotatable bonds is 5. The zero-order chi connectivity index (χ0) is 13.7. The first-order valence-electron chi connectivity index (χ1n) is 5.51. The average Bonchev–Trinajstić information content (AvgIpc) is 2.70. The van der Waals surface area contributed by atoms with E-state index in [9.17, 15) is 9.59 Å². The van der Waals surface area contributed by atoms with Gasteiger partial charge in [0.1, 0.15) is 0 Å². The molecular formula is C10H15ClN4O2S. The molecule has 1 aromatic rings. The summed E-state index contributed by atoms with van der Waals surface area (Å²) in [7, 11) is 0. The van der Waals surface area contributed by atoms with Crippen LogP contribution in [0, 0.1) is 0 Å². The molecule has 100 valence electrons. The van der Waals surface area contributed by atoms with E-state index in [1.165, 1.54) is 4.90 Å². The van der Waals surface area contributed by atoms with Crippen molar-refractivity contribution in [3.63, 3.8) is 0 Å². The van der Waals surface area contributed by atoms with Crippen LogP contribution in [-0.2, 0) is 4.79 Å². The summed E-state index contributed by atoms with van der Waals surface area (Å²) in [4.78, 5) is 25.0. The fourth-order valence-corrected chi connectivity index (χ4v) is 2.09. The lowest BCUT2D eigenvalue weighted by Crippen LogP contribution is -2.42. The highest BCUT2D eigenvalue weighted by atomic mass is 35.5. The monoisotopic (exact) mass is 290 g/mol. The largest absolute Gasteiger partial charge is 0.352 e. The van der Waals surface area contributed by atoms with Crippen molar-refractivity contribution in [2.45, 2.75) is 26.8 Å². The lowest BCUT2D eigenvalue weighted by Gasteiger charge is -2.19. The van der Waals surface area contributed by atoms with Crippen molar-refractivity contribution in [3.8, 4) is 0 Å². The molecule has 1 rings (SSSR count). The number of aromatic nitrogens is 2. The number of carbonyl (C=O) groups is 2. The van der Waals surface area contributed by atoms with Gasteiger partial charge >= 0.3 is 0 Å². The summed E-state index contributed by atoms with van der Waals surface area (Å²) in [6.45, 7) is 5.94. The van der Waals surface area contributed by atoms with Gasteiger partial charge in [-0.25, -0.2) is 0 Å². The second kappa shape index (κ2) is 6.65. The zero-order valence-electron chi connectivity index (χ0n) is 10.4. The normalized spacial score (nSPS) is 10.5. The fraction of sp³-hybridized carbons (Fsp3) is 0.600. The van der Waals surface area contributed by atoms with Crippen molar-refractivity contribution in [2.75, 3.05) is 13.1 Å². The van der Waals surface area contributed by atoms with E-state index in [1.54, 1.807) is 6.92 Å². The van der Waals surface area contributed by atoms with E-state index in [-0.39, 0.29) is 33.9 Å². The number of likely N-dealkylation sites (N-methyl/N-ethyl adjacent to an activating group) is 1. The molecule has 0 aliphatic carbocycles. The Morgan fingerprint density at radius 2 is 2.11 bits per heavy atom. The summed E-state index contributed by atoms with van der Waals surface area (Å²) in [6, 6.07) is 0.0438. The van der Waals surface area contributed by atoms with Gasteiger partial charge in [0.25, 0.3) is 5.91 Å². The van der Waals surface area contributed by atoms with Crippen LogP contribution < -0.4 is 5.32 Å². The summed E-state index contributed by atoms with van der Waals surface area (Å²) in [5.41, 5.74) is 0. The highest BCUT2D eigenvalue weighted by Crippen LogP contribution is 2.16. The van der Waals surface area contributed by atoms with Gasteiger partial charge in [-0.3, -0.25) is 9.59 Å². The van der Waals surface area contributed by atoms with Crippen LogP contribution in [0.4, 0.5) is 0 Å². The molecule has 0 unspecified atom stereocenters. The Kier molecular flexibility index (Phi) is 5.49. The summed E-state index contributed by atoms with van der Waals surface area (Å²) in [6.07, 6.45) is 0. The molecule has 1 N–H and O–H groups in total. The molecule has 0 spiro atoms. The third kappa shape index (κ3) is 4.23. The molecule has 0 saturated heterocycles. The molecule has 1 heterocycles. The first-order valence-corrected chi connectivity index (χ1v) is 6.71. The standard InChI is InChI=1S/C10H15ClN4O2S/c1-4-15(5-7(16)12-6(2)3)9(17)8-13-14-10(11)18-8/h6H,4-5H2,1-3H3,(H,12,16). The van der Waals surface area contributed by atoms with Crippen LogP contribution in [-0.4, -0.2) is 46.0 Å². The number of carbonyl (C=O) groups excluding carboxylic acids is 2. The second-order valence-electron chi connectivity index (χ2n) is 3.90. The summed E-state index contributed by atoms with van der Waals surface area (Å²) in [5.74, 6) is -0.531. The van der Waals surface area contributed by atoms with Gasteiger partial charge in [-0.15, -0.1) is 10.2 Å². The third-order valence-electron chi connectivity index (χ3n) is 2.04. The lowest BCUT2D eigenvalue weighted by molar-refractivity contribution is -0.122. The first-order chi connectivity index (χ1) is 8.43. The van der Waals surface area contributed by atoms with Gasteiger partial charge in [-0.05, 0) is 32.4 Å². The predicted octanol–water partition coefficient (Wildman–Crippen LogP) is 1.18. The Morgan fingerprint density at radius 1 is 1.44 bits per heavy atom. The summed E-state index contributed by atoms with van der Waals surface area (Å²) in [5, 5.41) is 10.2. The van der Waals surface area contributed by atoms with E-state index in [0.29, 0.717) is 6.54 Å². The van der Waals surface area contributed by atoms with Gasteiger partial charge in [-0.2, -0.15) is 0 Å². The molecule has 18 heavy (non-hydrogen) atoms. The molecule has 6 nitrogen and oxygen atoms in total. The fourth-order valence-electron chi connectivity index (χ4n) is 1.30. The quantitative estimate of drug-likeness (QED) is 0.883. The number of nitrogens with zero attached hydrogens (tertiary/aromatic N) is 3. The van der Waals surface area contributed by atoms with Crippen LogP contribution in [0.5, 0.6) is 0 Å². The Labute approximate surface area is 114 Å². The minimum Gasteiger partial charge on any atom is -0.352 e. The van der Waals surface area contributed by atoms with Crippen LogP contribution in [0.2, 0.25) is 4.47 Å². The Morgan fingerprint density at radius 3 is 2.56 bits per heavy atom. The van der Waals surface area contributed by atoms with E-state index in [0.717, 1.165) is 11.3 Å². The number of nitrogens with one attached hydrogen (secondary N) is 1. The topological polar surface area (TPSA) is 75.2 Å². The van der Waals surface area contributed by atoms with Gasteiger partial charge < -0.3 is 10.2 Å². The minimum absolute atomic E-state index is 0.00467. The van der Waals surface area contributed by atoms with Crippen LogP contribution >= 0.6 is 22.9 Å². The number of halogens is 1. The maximum absolute atomic E-state index is 12.0. The molecule has 0 aliphatic rings. The Balaban J connectivity index is 2.66. The molecule has 0 radical (unpaired) electrons. The maximum Gasteiger partial charge on any atom is 0.285 e. The molecule has 0 aliphatic heterocycles. The van der Waals surface area contributed by atoms with Gasteiger partial charge in [0.05, 0.1) is 6.54 Å². The maximum atomic E-state index is 12.0. The SMILES string of the molecule is CCN(CC(=O)NC(C)C)C(=O)c1nnc(Cl)s1. The summed E-state index contributed by atoms with van der Waals surface area (Å²) >= 11 is 6.62. The lowest BCUT2D eigenvalue weighted by atomic mass is 10.3. The van der Waals surface area contributed by atoms with E-state index in [2.05, 4.69) is 15.5 Å². The number of hydrogen-bond acceptors (Lipinski definition) is 5. The van der Waals surface area contributed by atoms with Crippen LogP contribution in [0.15, 0.2) is 0 Å². The minimum atomic E-state index is -0.333. The van der Waals surface area contributed by atoms with Crippen molar-refractivity contribution in [1.29, 1.82) is 0 Å². The van der Waals surface area contributed by atoms with Gasteiger partial charge in [0.2, 0.25) is 15.4 Å². The van der Waals surface area contributed by atoms with Crippen LogP contribution in [0.25, 0.3) is 0 Å². The molecule has 1 aromatic heterocycles. The number of amides is 2. The molecule has 0 saturated carbocycles. The van der Waals surface area contributed by atoms with E-state index in [1.807, 2.05) is 13.8 Å². The molecule has 8 heteroatoms. The van der Waals surface area contributed by atoms with Gasteiger partial charge in [0.15, 0.2) is 0 Å². The van der Waals surface area contributed by atoms with Crippen molar-refractivity contribution < 1.29 is 9.59 Å². The Hall–Kier alpha value is -1.21. The van der Waals surface area contributed by atoms with Crippen molar-refractivity contribution in [2.24, 2.45) is 0 Å². The molecule has 0 bridgehead atoms. The molecular weight excluding hydrogens is 276 g/mol. The summed E-state index contributed by atoms with van der Waals surface area (Å²) < 4.78 is 0.209. The first kappa shape index (κ1) is 14.8. The highest BCUT2D eigenvalue weighted by Gasteiger charge is 2.21. The van der Waals surface area contributed by atoms with Crippen molar-refractivity contribution in [1.82, 2.24) is 20.4 Å². The molecule has 2 amide bonds. The Bertz CT molecular complexity index is 435. The third-order valence-corrected chi connectivity index (χ3v) is 3.04. The van der Waals surface area contributed by atoms with E-state index >= 15 is 0 Å². The van der Waals surface area contributed by atoms with Crippen molar-refractivity contribution >= 4 is 34.8 Å². The number of hydrogen-bond donors (Lipinski definition) is 1. The predicted molar refractivity (Wildman–Crippen MR) is 69.8 cm³/mol. The van der Waals surface area contributed by atoms with Gasteiger partial charge in [0, 0.05) is 12.6 Å². The molecule has 0 fully saturated rings. The smallest absolute Gasteiger partial charge is 0.285 e. The van der Waals surface area contributed by atoms with Crippen LogP contribution in [0.1, 0.15) is 30.6 Å². The molecule has 0 atom stereocenters. The highest BCUT2D eigenvalue weighted by molar-refractivity contribution is 7.17. The van der Waals surface area contributed by atoms with E-state index < -0.39 is 0 Å². The van der Waals surface area contributed by atoms with E-state index in [4.69, 9.17) is 11.6 Å². The molecule has 0 aromatic carbocycles. The van der Waals surface area contributed by atoms with Crippen LogP contribution in [0.3, 0.4) is 0 Å². The zero-order valence-corrected chi connectivity index (χ0v) is 12.0.